The Balaban J connectivity index is 1.43. The van der Waals surface area contributed by atoms with E-state index in [0.29, 0.717) is 18.9 Å². The number of aliphatic hydroxyl groups excluding tert-OH is 1. The lowest BCUT2D eigenvalue weighted by atomic mass is 10.0. The predicted molar refractivity (Wildman–Crippen MR) is 91.2 cm³/mol. The molecule has 3 aromatic rings. The highest BCUT2D eigenvalue weighted by Gasteiger charge is 2.38. The minimum atomic E-state index is -0.462. The second-order valence-corrected chi connectivity index (χ2v) is 6.84. The Kier molecular flexibility index (Phi) is 4.06. The number of hydrogen-bond donors (Lipinski definition) is 1. The maximum absolute atomic E-state index is 12.3. The van der Waals surface area contributed by atoms with Gasteiger partial charge in [0.2, 0.25) is 5.89 Å². The minimum absolute atomic E-state index is 0.187. The maximum atomic E-state index is 12.3. The van der Waals surface area contributed by atoms with Crippen LogP contribution in [0.25, 0.3) is 10.6 Å². The molecule has 4 rings (SSSR count). The van der Waals surface area contributed by atoms with Gasteiger partial charge in [0, 0.05) is 35.6 Å². The first-order chi connectivity index (χ1) is 12.1. The van der Waals surface area contributed by atoms with Crippen molar-refractivity contribution in [3.05, 3.63) is 53.4 Å². The van der Waals surface area contributed by atoms with Crippen LogP contribution >= 0.6 is 11.3 Å². The lowest BCUT2D eigenvalue weighted by molar-refractivity contribution is -0.0360. The van der Waals surface area contributed by atoms with Gasteiger partial charge >= 0.3 is 0 Å². The summed E-state index contributed by atoms with van der Waals surface area (Å²) in [5, 5.41) is 12.4. The van der Waals surface area contributed by atoms with Gasteiger partial charge in [-0.2, -0.15) is 0 Å². The number of oxazole rings is 1. The predicted octanol–water partition coefficient (Wildman–Crippen LogP) is 1.99. The number of rotatable bonds is 4. The zero-order valence-electron chi connectivity index (χ0n) is 13.5. The molecule has 0 aliphatic carbocycles. The summed E-state index contributed by atoms with van der Waals surface area (Å²) in [5.74, 6) is 0.214. The number of nitrogens with zero attached hydrogens (tertiary/aromatic N) is 4. The average Bonchev–Trinajstić information content (AvgIpc) is 3.31. The SMILES string of the molecule is C[C@H]1[C@@H](O)CN1C(=O)c1coc(Cc2ccc(-c3nccs3)cn2)n1. The molecule has 128 valence electrons. The highest BCUT2D eigenvalue weighted by Crippen LogP contribution is 2.22. The number of thiazole rings is 1. The standard InChI is InChI=1S/C17H16N4O3S/c1-10-14(22)8-21(10)17(23)13-9-24-15(20-13)6-12-3-2-11(7-19-12)16-18-4-5-25-16/h2-5,7,9-10,14,22H,6,8H2,1H3/t10-,14-/m0/s1. The van der Waals surface area contributed by atoms with E-state index in [1.54, 1.807) is 35.6 Å². The van der Waals surface area contributed by atoms with Crippen LogP contribution in [-0.4, -0.2) is 49.6 Å². The number of likely N-dealkylation sites (tertiary alicyclic amines) is 1. The monoisotopic (exact) mass is 356 g/mol. The molecule has 1 saturated heterocycles. The first kappa shape index (κ1) is 15.9. The summed E-state index contributed by atoms with van der Waals surface area (Å²) in [6.07, 6.45) is 4.84. The highest BCUT2D eigenvalue weighted by molar-refractivity contribution is 7.13. The summed E-state index contributed by atoms with van der Waals surface area (Å²) >= 11 is 1.56. The van der Waals surface area contributed by atoms with Gasteiger partial charge in [-0.25, -0.2) is 9.97 Å². The number of carbonyl (C=O) groups is 1. The second-order valence-electron chi connectivity index (χ2n) is 5.94. The second kappa shape index (κ2) is 6.38. The molecule has 1 aliphatic heterocycles. The van der Waals surface area contributed by atoms with Gasteiger partial charge in [0.15, 0.2) is 5.69 Å². The van der Waals surface area contributed by atoms with E-state index in [1.807, 2.05) is 17.5 Å². The molecule has 0 bridgehead atoms. The third kappa shape index (κ3) is 3.06. The van der Waals surface area contributed by atoms with Gasteiger partial charge in [-0.05, 0) is 19.1 Å². The van der Waals surface area contributed by atoms with Crippen molar-refractivity contribution in [2.75, 3.05) is 6.54 Å². The van der Waals surface area contributed by atoms with Crippen LogP contribution in [0.4, 0.5) is 0 Å². The maximum Gasteiger partial charge on any atom is 0.276 e. The molecule has 4 heterocycles. The van der Waals surface area contributed by atoms with E-state index in [2.05, 4.69) is 15.0 Å². The van der Waals surface area contributed by atoms with Gasteiger partial charge in [0.05, 0.1) is 18.6 Å². The molecule has 25 heavy (non-hydrogen) atoms. The molecule has 1 fully saturated rings. The topological polar surface area (TPSA) is 92.3 Å². The molecule has 0 aromatic carbocycles. The molecule has 0 saturated carbocycles. The van der Waals surface area contributed by atoms with Gasteiger partial charge in [0.1, 0.15) is 11.3 Å². The highest BCUT2D eigenvalue weighted by atomic mass is 32.1. The molecule has 2 atom stereocenters. The summed E-state index contributed by atoms with van der Waals surface area (Å²) < 4.78 is 5.40. The molecule has 0 spiro atoms. The molecule has 1 amide bonds. The third-order valence-electron chi connectivity index (χ3n) is 4.30. The van der Waals surface area contributed by atoms with E-state index in [0.717, 1.165) is 16.3 Å². The van der Waals surface area contributed by atoms with Crippen molar-refractivity contribution in [2.45, 2.75) is 25.5 Å². The largest absolute Gasteiger partial charge is 0.448 e. The molecule has 3 aromatic heterocycles. The number of amides is 1. The van der Waals surface area contributed by atoms with Crippen molar-refractivity contribution in [1.29, 1.82) is 0 Å². The Morgan fingerprint density at radius 2 is 2.32 bits per heavy atom. The van der Waals surface area contributed by atoms with Gasteiger partial charge in [-0.1, -0.05) is 0 Å². The van der Waals surface area contributed by atoms with E-state index in [9.17, 15) is 9.90 Å². The number of hydrogen-bond acceptors (Lipinski definition) is 7. The quantitative estimate of drug-likeness (QED) is 0.768. The third-order valence-corrected chi connectivity index (χ3v) is 5.12. The number of aliphatic hydroxyl groups is 1. The summed E-state index contributed by atoms with van der Waals surface area (Å²) in [6.45, 7) is 2.14. The number of β-amino-alcohol motifs (C(OH)–C–C–N with tert-alkyl or cyclic N) is 1. The normalized spacial score (nSPS) is 19.7. The van der Waals surface area contributed by atoms with Crippen molar-refractivity contribution in [1.82, 2.24) is 19.9 Å². The van der Waals surface area contributed by atoms with Crippen molar-refractivity contribution in [2.24, 2.45) is 0 Å². The fourth-order valence-electron chi connectivity index (χ4n) is 2.67. The average molecular weight is 356 g/mol. The zero-order chi connectivity index (χ0) is 17.4. The van der Waals surface area contributed by atoms with Gasteiger partial charge in [-0.15, -0.1) is 11.3 Å². The molecular formula is C17H16N4O3S. The number of aromatic nitrogens is 3. The summed E-state index contributed by atoms with van der Waals surface area (Å²) in [7, 11) is 0. The Hall–Kier alpha value is -2.58. The van der Waals surface area contributed by atoms with E-state index in [-0.39, 0.29) is 17.6 Å². The van der Waals surface area contributed by atoms with Crippen LogP contribution in [0, 0.1) is 0 Å². The fraction of sp³-hybridized carbons (Fsp3) is 0.294. The molecule has 8 heteroatoms. The number of carbonyl (C=O) groups excluding carboxylic acids is 1. The molecule has 7 nitrogen and oxygen atoms in total. The van der Waals surface area contributed by atoms with Crippen LogP contribution < -0.4 is 0 Å². The van der Waals surface area contributed by atoms with Crippen molar-refractivity contribution in [3.8, 4) is 10.6 Å². The van der Waals surface area contributed by atoms with Gasteiger partial charge in [-0.3, -0.25) is 9.78 Å². The number of pyridine rings is 1. The fourth-order valence-corrected chi connectivity index (χ4v) is 3.30. The lowest BCUT2D eigenvalue weighted by Gasteiger charge is -2.42. The summed E-state index contributed by atoms with van der Waals surface area (Å²) in [5.41, 5.74) is 2.02. The summed E-state index contributed by atoms with van der Waals surface area (Å²) in [6, 6.07) is 3.67. The molecule has 0 unspecified atom stereocenters. The first-order valence-electron chi connectivity index (χ1n) is 7.90. The Morgan fingerprint density at radius 3 is 2.96 bits per heavy atom. The Morgan fingerprint density at radius 1 is 1.44 bits per heavy atom. The molecule has 0 radical (unpaired) electrons. The Bertz CT molecular complexity index is 876. The van der Waals surface area contributed by atoms with Crippen LogP contribution in [0.5, 0.6) is 0 Å². The van der Waals surface area contributed by atoms with E-state index < -0.39 is 6.10 Å². The first-order valence-corrected chi connectivity index (χ1v) is 8.78. The molecule has 1 aliphatic rings. The van der Waals surface area contributed by atoms with Gasteiger partial charge < -0.3 is 14.4 Å². The Labute approximate surface area is 148 Å². The van der Waals surface area contributed by atoms with Crippen molar-refractivity contribution >= 4 is 17.2 Å². The lowest BCUT2D eigenvalue weighted by Crippen LogP contribution is -2.60. The van der Waals surface area contributed by atoms with Crippen LogP contribution in [-0.2, 0) is 6.42 Å². The van der Waals surface area contributed by atoms with Crippen LogP contribution in [0.15, 0.2) is 40.6 Å². The van der Waals surface area contributed by atoms with Crippen LogP contribution in [0.1, 0.15) is 29.0 Å². The van der Waals surface area contributed by atoms with E-state index in [1.165, 1.54) is 6.26 Å². The van der Waals surface area contributed by atoms with E-state index >= 15 is 0 Å². The zero-order valence-corrected chi connectivity index (χ0v) is 14.3. The molecule has 1 N–H and O–H groups in total. The van der Waals surface area contributed by atoms with Crippen molar-refractivity contribution in [3.63, 3.8) is 0 Å². The van der Waals surface area contributed by atoms with Crippen molar-refractivity contribution < 1.29 is 14.3 Å². The minimum Gasteiger partial charge on any atom is -0.448 e. The van der Waals surface area contributed by atoms with E-state index in [4.69, 9.17) is 4.42 Å². The summed E-state index contributed by atoms with van der Waals surface area (Å²) in [4.78, 5) is 26.8. The smallest absolute Gasteiger partial charge is 0.276 e. The molecular weight excluding hydrogens is 340 g/mol. The van der Waals surface area contributed by atoms with Crippen LogP contribution in [0.3, 0.4) is 0 Å². The van der Waals surface area contributed by atoms with Crippen LogP contribution in [0.2, 0.25) is 0 Å². The van der Waals surface area contributed by atoms with Gasteiger partial charge in [0.25, 0.3) is 5.91 Å².